The smallest absolute Gasteiger partial charge is 0.241 e. The molecule has 1 amide bonds. The first-order valence-corrected chi connectivity index (χ1v) is 11.7. The summed E-state index contributed by atoms with van der Waals surface area (Å²) in [5, 5.41) is 7.08. The number of nitrogens with zero attached hydrogens (tertiary/aromatic N) is 5. The average molecular weight is 475 g/mol. The zero-order valence-electron chi connectivity index (χ0n) is 19.3. The third kappa shape index (κ3) is 5.99. The van der Waals surface area contributed by atoms with Gasteiger partial charge in [0.25, 0.3) is 0 Å². The molecule has 9 heteroatoms. The number of carbonyl (C=O) groups is 1. The zero-order chi connectivity index (χ0) is 24.0. The van der Waals surface area contributed by atoms with Crippen LogP contribution >= 0.6 is 0 Å². The molecule has 0 aliphatic carbocycles. The van der Waals surface area contributed by atoms with Crippen LogP contribution in [-0.2, 0) is 24.4 Å². The number of carbonyl (C=O) groups excluding carboxylic acids is 1. The number of nitrogens with one attached hydrogen (secondary N) is 1. The number of rotatable bonds is 8. The van der Waals surface area contributed by atoms with E-state index in [1.165, 1.54) is 17.7 Å². The molecule has 3 heterocycles. The SMILES string of the molecule is O=C(NCc1ccc(Cn2ccnc2)cc1)C1CCN(Cc2nc(-c3ccc(F)cc3)no2)CC1. The molecule has 0 bridgehead atoms. The lowest BCUT2D eigenvalue weighted by Gasteiger charge is -2.30. The number of imidazole rings is 1. The maximum absolute atomic E-state index is 13.1. The van der Waals surface area contributed by atoms with Crippen LogP contribution in [0, 0.1) is 11.7 Å². The van der Waals surface area contributed by atoms with Gasteiger partial charge in [-0.2, -0.15) is 4.98 Å². The van der Waals surface area contributed by atoms with Gasteiger partial charge < -0.3 is 14.4 Å². The van der Waals surface area contributed by atoms with Crippen molar-refractivity contribution in [3.63, 3.8) is 0 Å². The lowest BCUT2D eigenvalue weighted by atomic mass is 9.96. The monoisotopic (exact) mass is 474 g/mol. The van der Waals surface area contributed by atoms with Crippen molar-refractivity contribution in [3.05, 3.63) is 90.1 Å². The maximum Gasteiger partial charge on any atom is 0.241 e. The van der Waals surface area contributed by atoms with E-state index in [0.717, 1.165) is 38.0 Å². The molecule has 2 aromatic carbocycles. The summed E-state index contributed by atoms with van der Waals surface area (Å²) in [5.74, 6) is 0.768. The molecule has 1 aliphatic heterocycles. The number of halogens is 1. The molecule has 4 aromatic rings. The number of hydrogen-bond donors (Lipinski definition) is 1. The Labute approximate surface area is 202 Å². The summed E-state index contributed by atoms with van der Waals surface area (Å²) < 4.78 is 20.5. The van der Waals surface area contributed by atoms with Gasteiger partial charge in [0.15, 0.2) is 0 Å². The highest BCUT2D eigenvalue weighted by atomic mass is 19.1. The number of piperidine rings is 1. The fraction of sp³-hybridized carbons (Fsp3) is 0.308. The second kappa shape index (κ2) is 10.6. The molecule has 5 rings (SSSR count). The second-order valence-electron chi connectivity index (χ2n) is 8.84. The lowest BCUT2D eigenvalue weighted by Crippen LogP contribution is -2.40. The molecule has 1 saturated heterocycles. The molecule has 0 radical (unpaired) electrons. The average Bonchev–Trinajstić information content (AvgIpc) is 3.57. The number of amides is 1. The van der Waals surface area contributed by atoms with Crippen molar-refractivity contribution in [2.75, 3.05) is 13.1 Å². The highest BCUT2D eigenvalue weighted by molar-refractivity contribution is 5.78. The second-order valence-corrected chi connectivity index (χ2v) is 8.84. The van der Waals surface area contributed by atoms with Gasteiger partial charge in [-0.05, 0) is 61.3 Å². The van der Waals surface area contributed by atoms with E-state index in [9.17, 15) is 9.18 Å². The van der Waals surface area contributed by atoms with Crippen molar-refractivity contribution in [2.24, 2.45) is 5.92 Å². The standard InChI is InChI=1S/C26H27FN6O2/c27-23-7-5-21(6-8-23)25-30-24(35-31-25)17-32-12-9-22(10-13-32)26(34)29-15-19-1-3-20(4-2-19)16-33-14-11-28-18-33/h1-8,11,14,18,22H,9-10,12-13,15-17H2,(H,29,34). The Bertz CT molecular complexity index is 1230. The van der Waals surface area contributed by atoms with E-state index in [4.69, 9.17) is 4.52 Å². The van der Waals surface area contributed by atoms with Crippen LogP contribution in [0.25, 0.3) is 11.4 Å². The summed E-state index contributed by atoms with van der Waals surface area (Å²) in [5.41, 5.74) is 2.99. The van der Waals surface area contributed by atoms with Crippen LogP contribution in [0.4, 0.5) is 4.39 Å². The summed E-state index contributed by atoms with van der Waals surface area (Å²) in [4.78, 5) is 23.4. The fourth-order valence-corrected chi connectivity index (χ4v) is 4.27. The number of aromatic nitrogens is 4. The van der Waals surface area contributed by atoms with Gasteiger partial charge in [0, 0.05) is 37.0 Å². The van der Waals surface area contributed by atoms with E-state index < -0.39 is 0 Å². The van der Waals surface area contributed by atoms with E-state index in [2.05, 4.69) is 49.6 Å². The number of benzene rings is 2. The predicted molar refractivity (Wildman–Crippen MR) is 127 cm³/mol. The third-order valence-corrected chi connectivity index (χ3v) is 6.30. The number of hydrogen-bond acceptors (Lipinski definition) is 6. The minimum Gasteiger partial charge on any atom is -0.352 e. The lowest BCUT2D eigenvalue weighted by molar-refractivity contribution is -0.126. The zero-order valence-corrected chi connectivity index (χ0v) is 19.3. The summed E-state index contributed by atoms with van der Waals surface area (Å²) in [6.07, 6.45) is 7.08. The minimum absolute atomic E-state index is 0.00391. The molecule has 1 fully saturated rings. The van der Waals surface area contributed by atoms with Gasteiger partial charge >= 0.3 is 0 Å². The Morgan fingerprint density at radius 3 is 2.49 bits per heavy atom. The van der Waals surface area contributed by atoms with E-state index >= 15 is 0 Å². The predicted octanol–water partition coefficient (Wildman–Crippen LogP) is 3.65. The highest BCUT2D eigenvalue weighted by Crippen LogP contribution is 2.21. The van der Waals surface area contributed by atoms with Gasteiger partial charge in [-0.25, -0.2) is 9.37 Å². The van der Waals surface area contributed by atoms with Crippen molar-refractivity contribution in [2.45, 2.75) is 32.5 Å². The topological polar surface area (TPSA) is 89.1 Å². The van der Waals surface area contributed by atoms with Crippen LogP contribution in [0.3, 0.4) is 0 Å². The van der Waals surface area contributed by atoms with Gasteiger partial charge in [-0.1, -0.05) is 29.4 Å². The van der Waals surface area contributed by atoms with E-state index in [1.807, 2.05) is 10.8 Å². The van der Waals surface area contributed by atoms with E-state index in [0.29, 0.717) is 30.4 Å². The molecule has 180 valence electrons. The quantitative estimate of drug-likeness (QED) is 0.419. The molecule has 0 unspecified atom stereocenters. The Morgan fingerprint density at radius 2 is 1.77 bits per heavy atom. The fourth-order valence-electron chi connectivity index (χ4n) is 4.27. The maximum atomic E-state index is 13.1. The summed E-state index contributed by atoms with van der Waals surface area (Å²) >= 11 is 0. The van der Waals surface area contributed by atoms with Crippen LogP contribution in [0.1, 0.15) is 29.9 Å². The third-order valence-electron chi connectivity index (χ3n) is 6.30. The molecular formula is C26H27FN6O2. The highest BCUT2D eigenvalue weighted by Gasteiger charge is 2.26. The summed E-state index contributed by atoms with van der Waals surface area (Å²) in [6.45, 7) is 3.42. The molecular weight excluding hydrogens is 447 g/mol. The Balaban J connectivity index is 1.05. The Morgan fingerprint density at radius 1 is 1.03 bits per heavy atom. The molecule has 8 nitrogen and oxygen atoms in total. The van der Waals surface area contributed by atoms with Crippen LogP contribution < -0.4 is 5.32 Å². The van der Waals surface area contributed by atoms with Crippen molar-refractivity contribution < 1.29 is 13.7 Å². The first kappa shape index (κ1) is 22.9. The van der Waals surface area contributed by atoms with Crippen LogP contribution in [0.2, 0.25) is 0 Å². The van der Waals surface area contributed by atoms with Gasteiger partial charge in [-0.3, -0.25) is 9.69 Å². The molecule has 0 saturated carbocycles. The van der Waals surface area contributed by atoms with Gasteiger partial charge in [-0.15, -0.1) is 0 Å². The normalized spacial score (nSPS) is 14.8. The molecule has 35 heavy (non-hydrogen) atoms. The van der Waals surface area contributed by atoms with Crippen molar-refractivity contribution in [1.29, 1.82) is 0 Å². The summed E-state index contributed by atoms with van der Waals surface area (Å²) in [7, 11) is 0. The molecule has 2 aromatic heterocycles. The largest absolute Gasteiger partial charge is 0.352 e. The molecule has 0 spiro atoms. The van der Waals surface area contributed by atoms with Crippen molar-refractivity contribution >= 4 is 5.91 Å². The Hall–Kier alpha value is -3.85. The minimum atomic E-state index is -0.302. The van der Waals surface area contributed by atoms with E-state index in [1.54, 1.807) is 24.7 Å². The van der Waals surface area contributed by atoms with Crippen LogP contribution in [-0.4, -0.2) is 43.6 Å². The Kier molecular flexibility index (Phi) is 6.94. The van der Waals surface area contributed by atoms with Crippen LogP contribution in [0.15, 0.2) is 71.8 Å². The van der Waals surface area contributed by atoms with E-state index in [-0.39, 0.29) is 17.6 Å². The molecule has 1 N–H and O–H groups in total. The van der Waals surface area contributed by atoms with Crippen molar-refractivity contribution in [1.82, 2.24) is 29.9 Å². The van der Waals surface area contributed by atoms with Gasteiger partial charge in [0.2, 0.25) is 17.6 Å². The van der Waals surface area contributed by atoms with Gasteiger partial charge in [0.05, 0.1) is 12.9 Å². The van der Waals surface area contributed by atoms with Crippen molar-refractivity contribution in [3.8, 4) is 11.4 Å². The van der Waals surface area contributed by atoms with Crippen LogP contribution in [0.5, 0.6) is 0 Å². The number of likely N-dealkylation sites (tertiary alicyclic amines) is 1. The summed E-state index contributed by atoms with van der Waals surface area (Å²) in [6, 6.07) is 14.3. The molecule has 1 aliphatic rings. The first-order chi connectivity index (χ1) is 17.1. The van der Waals surface area contributed by atoms with Gasteiger partial charge in [0.1, 0.15) is 5.82 Å². The molecule has 0 atom stereocenters. The first-order valence-electron chi connectivity index (χ1n) is 11.7.